The summed E-state index contributed by atoms with van der Waals surface area (Å²) in [6.07, 6.45) is 35.2. The van der Waals surface area contributed by atoms with E-state index in [2.05, 4.69) is 398 Å². The lowest BCUT2D eigenvalue weighted by atomic mass is 9.44. The van der Waals surface area contributed by atoms with Crippen molar-refractivity contribution in [3.8, 4) is 0 Å². The summed E-state index contributed by atoms with van der Waals surface area (Å²) in [6.45, 7) is 126. The minimum absolute atomic E-state index is 0.130. The molecule has 0 amide bonds. The van der Waals surface area contributed by atoms with E-state index in [-0.39, 0.29) is 5.43 Å². The normalized spacial score (nSPS) is 25.1. The fraction of sp³-hybridized carbons (Fsp3) is 0.739. The monoisotopic (exact) mass is 1860 g/mol. The minimum Gasteiger partial charge on any atom is -0.290 e. The topological polar surface area (TPSA) is 17.1 Å². The van der Waals surface area contributed by atoms with Crippen LogP contribution in [0.5, 0.6) is 0 Å². The number of hydrogen-bond donors (Lipinski definition) is 0. The molecule has 0 aromatic heterocycles. The van der Waals surface area contributed by atoms with Crippen LogP contribution in [0.3, 0.4) is 0 Å². The summed E-state index contributed by atoms with van der Waals surface area (Å²) >= 11 is 0. The highest BCUT2D eigenvalue weighted by molar-refractivity contribution is 5.35. The fourth-order valence-corrected chi connectivity index (χ4v) is 24.0. The van der Waals surface area contributed by atoms with Crippen molar-refractivity contribution in [1.82, 2.24) is 0 Å². The van der Waals surface area contributed by atoms with Gasteiger partial charge in [0.25, 0.3) is 0 Å². The molecule has 10 bridgehead atoms. The first-order valence-electron chi connectivity index (χ1n) is 56.3. The Morgan fingerprint density at radius 1 is 0.481 bits per heavy atom. The first-order chi connectivity index (χ1) is 62.2. The quantitative estimate of drug-likeness (QED) is 0.0683. The molecule has 0 aliphatic heterocycles. The van der Waals surface area contributed by atoms with Gasteiger partial charge in [-0.1, -0.05) is 459 Å². The van der Waals surface area contributed by atoms with Crippen molar-refractivity contribution >= 4 is 0 Å². The molecular weight excluding hydrogens is 1630 g/mol. The zero-order chi connectivity index (χ0) is 104. The summed E-state index contributed by atoms with van der Waals surface area (Å²) in [4.78, 5) is 11.3. The Bertz CT molecular complexity index is 4030. The maximum absolute atomic E-state index is 11.3. The van der Waals surface area contributed by atoms with Crippen LogP contribution >= 0.6 is 0 Å². The van der Waals surface area contributed by atoms with Crippen molar-refractivity contribution in [1.29, 1.82) is 0 Å². The smallest absolute Gasteiger partial charge is 0.182 e. The van der Waals surface area contributed by atoms with Gasteiger partial charge in [-0.2, -0.15) is 0 Å². The average Bonchev–Trinajstić information content (AvgIpc) is 0.918. The molecule has 0 heterocycles. The predicted octanol–water partition coefficient (Wildman–Crippen LogP) is 42.9. The summed E-state index contributed by atoms with van der Waals surface area (Å²) in [5, 5.41) is 0. The Morgan fingerprint density at radius 3 is 1.34 bits per heavy atom. The van der Waals surface area contributed by atoms with Crippen LogP contribution in [0.1, 0.15) is 486 Å². The van der Waals surface area contributed by atoms with Crippen molar-refractivity contribution in [3.63, 3.8) is 0 Å². The van der Waals surface area contributed by atoms with Crippen LogP contribution in [-0.4, -0.2) is 0 Å². The summed E-state index contributed by atoms with van der Waals surface area (Å²) in [5.74, 6) is 23.5. The zero-order valence-corrected chi connectivity index (χ0v) is 99.3. The van der Waals surface area contributed by atoms with Crippen LogP contribution in [0.15, 0.2) is 179 Å². The molecule has 15 aliphatic carbocycles. The molecule has 774 valence electrons. The second-order valence-electron chi connectivity index (χ2n) is 53.5. The second kappa shape index (κ2) is 59.4. The van der Waals surface area contributed by atoms with E-state index in [0.717, 1.165) is 155 Å². The molecule has 1 nitrogen and oxygen atoms in total. The SMILES string of the molecule is C=C(C)C(CC=C(C)C)CC(C)C.C=C1C(C(C)C)C[C@H]2C[C@@H]1C2(C)C.C=CC(=C)CCCC(C)(C)C(C)C.CC.CC(C)C.CC(C)C.CC(C)CC1=CCC2CC1C2(C)C.CC(C)CC1CCC2CC1C2(C)C.CC(C)c1ccccc1.CC(C)c1cccccc1=O.CC1=CC(C(C)C)[C@H]2C[C@@H]1C2(C)C.CC1=CC(CC(C)C)C2CC1C2(C)C.Cc1cc(C(C)C)ccc1C(C)C. The molecular formula is C134H232O. The number of rotatable bonds is 23. The highest BCUT2D eigenvalue weighted by Gasteiger charge is 2.58. The van der Waals surface area contributed by atoms with Crippen LogP contribution in [0.2, 0.25) is 0 Å². The van der Waals surface area contributed by atoms with Crippen LogP contribution < -0.4 is 5.43 Å². The van der Waals surface area contributed by atoms with E-state index >= 15 is 0 Å². The van der Waals surface area contributed by atoms with Gasteiger partial charge in [0.1, 0.15) is 0 Å². The summed E-state index contributed by atoms with van der Waals surface area (Å²) in [5.41, 5.74) is 20.9. The number of benzene rings is 2. The van der Waals surface area contributed by atoms with Crippen LogP contribution in [0.4, 0.5) is 0 Å². The van der Waals surface area contributed by atoms with E-state index in [1.165, 1.54) is 129 Å². The van der Waals surface area contributed by atoms with Gasteiger partial charge in [-0.15, -0.1) is 0 Å². The van der Waals surface area contributed by atoms with Crippen molar-refractivity contribution in [3.05, 3.63) is 213 Å². The van der Waals surface area contributed by atoms with E-state index in [0.29, 0.717) is 62.1 Å². The van der Waals surface area contributed by atoms with Gasteiger partial charge in [0.05, 0.1) is 0 Å². The van der Waals surface area contributed by atoms with Gasteiger partial charge >= 0.3 is 0 Å². The first-order valence-corrected chi connectivity index (χ1v) is 56.3. The molecule has 11 unspecified atom stereocenters. The lowest BCUT2D eigenvalue weighted by Gasteiger charge is -2.60. The minimum atomic E-state index is 0.130. The fourth-order valence-electron chi connectivity index (χ4n) is 24.0. The van der Waals surface area contributed by atoms with E-state index < -0.39 is 0 Å². The first kappa shape index (κ1) is 128. The highest BCUT2D eigenvalue weighted by atomic mass is 16.1. The van der Waals surface area contributed by atoms with E-state index in [9.17, 15) is 4.79 Å². The molecule has 18 rings (SSSR count). The lowest BCUT2D eigenvalue weighted by molar-refractivity contribution is -0.109. The molecule has 0 radical (unpaired) electrons. The standard InChI is InChI=1S/C14H24.2C13H22.C13H24.C13H22.C13H20.2C13H24.C10H12O.C9H12.2C4H10.C2H6/c1-9(2)6-11-7-10(3)12-8-13(11)14(12,4)5;1-8(2)11-6-10-7-12(9(11)3)13(10,4)5;1-8(2)10-6-9(3)11-7-12(10)13(11,4)5;2*1-9(2)7-10-5-6-11-8-12(10)13(11,3)4;1-9(2)12-6-7-13(10(3)4)11(5)8-12;1-10(2)7-8-13(12(5)6)9-11(3)4;1-7-12(4)9-8-10-13(5,6)11(2)3;1-8(2)9-6-4-3-5-7-10(9)11;1-8(2)9-6-4-3-5-7-9;2*1-4(2)3;1-2/h7,9,11-13H,6,8H2,1-5H3;8,10-12H,3,6-7H2,1-2,4-5H3;6,8,10-12H,7H2,1-5H3;9-12H,5-8H2,1-4H3;5,9,11-12H,6-8H2,1-4H3;6-10H,1-5H3;7,11,13H,5,8-9H2,1-4,6H3;7,11H,1,4,8-10H2,2-3,5-6H3;3-8H,1-2H3;3-8H,1-2H3;2*4H,1-3H3;1-2H3/t;10-,11?,12-;10?,11-,12+;;;;;;;;;;/m.00........../s1. The number of fused-ring (bicyclic) bond motifs is 7. The van der Waals surface area contributed by atoms with Crippen LogP contribution in [0.25, 0.3) is 0 Å². The number of aryl methyl sites for hydroxylation is 1. The number of allylic oxidation sites excluding steroid dienone is 12. The van der Waals surface area contributed by atoms with Gasteiger partial charge < -0.3 is 0 Å². The Kier molecular flexibility index (Phi) is 56.4. The molecule has 15 atom stereocenters. The third-order valence-electron chi connectivity index (χ3n) is 34.1. The van der Waals surface area contributed by atoms with Crippen molar-refractivity contribution in [2.24, 2.45) is 175 Å². The van der Waals surface area contributed by atoms with Gasteiger partial charge in [-0.25, -0.2) is 0 Å². The molecule has 15 aliphatic rings. The maximum Gasteiger partial charge on any atom is 0.182 e. The molecule has 135 heavy (non-hydrogen) atoms. The van der Waals surface area contributed by atoms with Gasteiger partial charge in [0.2, 0.25) is 0 Å². The zero-order valence-electron chi connectivity index (χ0n) is 99.3. The second-order valence-corrected chi connectivity index (χ2v) is 53.5. The van der Waals surface area contributed by atoms with Gasteiger partial charge in [-0.05, 0) is 377 Å². The Hall–Kier alpha value is -4.75. The van der Waals surface area contributed by atoms with Crippen molar-refractivity contribution in [2.75, 3.05) is 0 Å². The maximum atomic E-state index is 11.3. The van der Waals surface area contributed by atoms with Crippen molar-refractivity contribution < 1.29 is 0 Å². The highest BCUT2D eigenvalue weighted by Crippen LogP contribution is 2.66. The van der Waals surface area contributed by atoms with Crippen LogP contribution in [0, 0.1) is 181 Å². The molecule has 9 saturated carbocycles. The van der Waals surface area contributed by atoms with Gasteiger partial charge in [-0.3, -0.25) is 4.79 Å². The third-order valence-corrected chi connectivity index (χ3v) is 34.1. The van der Waals surface area contributed by atoms with Crippen LogP contribution in [-0.2, 0) is 0 Å². The Balaban J connectivity index is 0.000000742. The third kappa shape index (κ3) is 40.9. The average molecular weight is 1860 g/mol. The Morgan fingerprint density at radius 2 is 0.970 bits per heavy atom. The van der Waals surface area contributed by atoms with Gasteiger partial charge in [0, 0.05) is 5.56 Å². The van der Waals surface area contributed by atoms with E-state index in [1.54, 1.807) is 40.8 Å². The molecule has 1 heteroatoms. The molecule has 0 saturated heterocycles. The molecule has 0 spiro atoms. The van der Waals surface area contributed by atoms with E-state index in [1.807, 2.05) is 58.0 Å². The van der Waals surface area contributed by atoms with Crippen molar-refractivity contribution in [2.45, 2.75) is 465 Å². The number of hydrogen-bond acceptors (Lipinski definition) is 1. The predicted molar refractivity (Wildman–Crippen MR) is 615 cm³/mol. The Labute approximate surface area is 846 Å². The summed E-state index contributed by atoms with van der Waals surface area (Å²) < 4.78 is 0. The summed E-state index contributed by atoms with van der Waals surface area (Å²) in [7, 11) is 0. The molecule has 3 aromatic carbocycles. The van der Waals surface area contributed by atoms with E-state index in [4.69, 9.17) is 0 Å². The van der Waals surface area contributed by atoms with Gasteiger partial charge in [0.15, 0.2) is 5.43 Å². The largest absolute Gasteiger partial charge is 0.290 e. The molecule has 9 fully saturated rings. The summed E-state index contributed by atoms with van der Waals surface area (Å²) in [6, 6.07) is 26.4. The molecule has 3 aromatic rings. The lowest BCUT2D eigenvalue weighted by Crippen LogP contribution is -2.52. The molecule has 0 N–H and O–H groups in total.